The van der Waals surface area contributed by atoms with Gasteiger partial charge in [0.1, 0.15) is 17.7 Å². The highest BCUT2D eigenvalue weighted by molar-refractivity contribution is 7.99. The van der Waals surface area contributed by atoms with Crippen molar-refractivity contribution < 1.29 is 14.4 Å². The topological polar surface area (TPSA) is 92.3 Å². The van der Waals surface area contributed by atoms with E-state index in [2.05, 4.69) is 10.2 Å². The van der Waals surface area contributed by atoms with Gasteiger partial charge in [-0.1, -0.05) is 59.3 Å². The van der Waals surface area contributed by atoms with Gasteiger partial charge < -0.3 is 9.47 Å². The molecule has 0 aliphatic carbocycles. The summed E-state index contributed by atoms with van der Waals surface area (Å²) in [6, 6.07) is 20.8. The number of ether oxygens (including phenoxy) is 2. The van der Waals surface area contributed by atoms with Gasteiger partial charge in [-0.25, -0.2) is 0 Å². The third kappa shape index (κ3) is 6.81. The molecule has 1 aromatic heterocycles. The van der Waals surface area contributed by atoms with Gasteiger partial charge in [-0.2, -0.15) is 0 Å². The number of hydrogen-bond donors (Lipinski definition) is 0. The monoisotopic (exact) mass is 538 g/mol. The summed E-state index contributed by atoms with van der Waals surface area (Å²) in [4.78, 5) is 11.3. The zero-order valence-corrected chi connectivity index (χ0v) is 22.3. The molecule has 10 heteroatoms. The van der Waals surface area contributed by atoms with Crippen LogP contribution in [0.25, 0.3) is 5.69 Å². The molecule has 4 rings (SSSR count). The number of aromatic nitrogens is 3. The number of nitrogens with zero attached hydrogens (tertiary/aromatic N) is 4. The summed E-state index contributed by atoms with van der Waals surface area (Å²) in [6.07, 6.45) is 0. The highest BCUT2D eigenvalue weighted by atomic mass is 35.5. The number of rotatable bonds is 11. The van der Waals surface area contributed by atoms with Crippen LogP contribution in [-0.2, 0) is 6.61 Å². The molecule has 0 amide bonds. The number of aryl methyl sites for hydroxylation is 2. The van der Waals surface area contributed by atoms with E-state index < -0.39 is 5.25 Å². The van der Waals surface area contributed by atoms with Crippen LogP contribution in [0.15, 0.2) is 71.9 Å². The summed E-state index contributed by atoms with van der Waals surface area (Å²) in [7, 11) is 0. The maximum Gasteiger partial charge on any atom is 0.220 e. The first-order chi connectivity index (χ1) is 17.8. The van der Waals surface area contributed by atoms with E-state index >= 15 is 0 Å². The lowest BCUT2D eigenvalue weighted by Crippen LogP contribution is -2.11. The molecule has 37 heavy (non-hydrogen) atoms. The van der Waals surface area contributed by atoms with Gasteiger partial charge in [-0.05, 0) is 68.3 Å². The van der Waals surface area contributed by atoms with Crippen molar-refractivity contribution in [3.63, 3.8) is 0 Å². The van der Waals surface area contributed by atoms with Crippen molar-refractivity contribution in [2.75, 3.05) is 13.2 Å². The second-order valence-electron chi connectivity index (χ2n) is 8.38. The van der Waals surface area contributed by atoms with Crippen LogP contribution < -0.4 is 9.47 Å². The highest BCUT2D eigenvalue weighted by Gasteiger charge is 2.25. The Kier molecular flexibility index (Phi) is 8.68. The molecule has 192 valence electrons. The Hall–Kier alpha value is -3.56. The molecule has 4 aromatic rings. The standard InChI is InChI=1S/C27H27ClN4O4S/c1-4-35-25-15-21(9-14-24(25)36-17-20-7-5-18(2)6-8-20)26(16-31(33)34)37-27-30-29-19(3)32(27)23-12-10-22(28)11-13-23/h5-15,26H,4,16-17H2,1-3H3/t26-/m1/s1. The van der Waals surface area contributed by atoms with E-state index in [0.717, 1.165) is 16.8 Å². The van der Waals surface area contributed by atoms with Crippen LogP contribution in [0.5, 0.6) is 11.5 Å². The van der Waals surface area contributed by atoms with Crippen LogP contribution in [0.3, 0.4) is 0 Å². The van der Waals surface area contributed by atoms with Gasteiger partial charge in [0.25, 0.3) is 0 Å². The molecule has 8 nitrogen and oxygen atoms in total. The first-order valence-corrected chi connectivity index (χ1v) is 13.0. The molecule has 0 aliphatic heterocycles. The predicted molar refractivity (Wildman–Crippen MR) is 145 cm³/mol. The minimum atomic E-state index is -0.532. The van der Waals surface area contributed by atoms with E-state index in [4.69, 9.17) is 21.1 Å². The van der Waals surface area contributed by atoms with E-state index in [1.54, 1.807) is 18.2 Å². The van der Waals surface area contributed by atoms with Crippen molar-refractivity contribution in [3.8, 4) is 17.2 Å². The lowest BCUT2D eigenvalue weighted by molar-refractivity contribution is -0.479. The van der Waals surface area contributed by atoms with Crippen LogP contribution in [0.2, 0.25) is 5.02 Å². The summed E-state index contributed by atoms with van der Waals surface area (Å²) in [5, 5.41) is 20.7. The first kappa shape index (κ1) is 26.5. The molecule has 0 spiro atoms. The van der Waals surface area contributed by atoms with Crippen LogP contribution in [-0.4, -0.2) is 32.8 Å². The fourth-order valence-electron chi connectivity index (χ4n) is 3.74. The van der Waals surface area contributed by atoms with E-state index in [-0.39, 0.29) is 11.5 Å². The van der Waals surface area contributed by atoms with E-state index in [1.807, 2.05) is 73.9 Å². The quantitative estimate of drug-likeness (QED) is 0.120. The van der Waals surface area contributed by atoms with Crippen LogP contribution >= 0.6 is 23.4 Å². The van der Waals surface area contributed by atoms with Crippen LogP contribution in [0.1, 0.15) is 34.7 Å². The molecule has 0 radical (unpaired) electrons. The Balaban J connectivity index is 1.61. The summed E-state index contributed by atoms with van der Waals surface area (Å²) in [5.74, 6) is 1.78. The highest BCUT2D eigenvalue weighted by Crippen LogP contribution is 2.39. The Morgan fingerprint density at radius 3 is 2.41 bits per heavy atom. The third-order valence-corrected chi connectivity index (χ3v) is 7.03. The van der Waals surface area contributed by atoms with E-state index in [0.29, 0.717) is 40.7 Å². The van der Waals surface area contributed by atoms with Gasteiger partial charge in [0.15, 0.2) is 16.7 Å². The molecule has 3 aromatic carbocycles. The van der Waals surface area contributed by atoms with Crippen molar-refractivity contribution >= 4 is 23.4 Å². The molecule has 0 saturated heterocycles. The lowest BCUT2D eigenvalue weighted by Gasteiger charge is -2.17. The largest absolute Gasteiger partial charge is 0.490 e. The number of nitro groups is 1. The van der Waals surface area contributed by atoms with Gasteiger partial charge in [-0.3, -0.25) is 14.7 Å². The molecule has 0 unspecified atom stereocenters. The summed E-state index contributed by atoms with van der Waals surface area (Å²) in [5.41, 5.74) is 3.77. The molecule has 0 saturated carbocycles. The van der Waals surface area contributed by atoms with Gasteiger partial charge in [0, 0.05) is 15.6 Å². The van der Waals surface area contributed by atoms with Crippen molar-refractivity contribution in [2.45, 2.75) is 37.8 Å². The Morgan fingerprint density at radius 1 is 1.00 bits per heavy atom. The zero-order valence-electron chi connectivity index (χ0n) is 20.8. The van der Waals surface area contributed by atoms with Crippen molar-refractivity contribution in [2.24, 2.45) is 0 Å². The summed E-state index contributed by atoms with van der Waals surface area (Å²) in [6.45, 7) is 6.28. The average molecular weight is 539 g/mol. The molecule has 0 fully saturated rings. The number of hydrogen-bond acceptors (Lipinski definition) is 7. The molecular weight excluding hydrogens is 512 g/mol. The molecular formula is C27H27ClN4O4S. The van der Waals surface area contributed by atoms with Crippen LogP contribution in [0.4, 0.5) is 0 Å². The first-order valence-electron chi connectivity index (χ1n) is 11.8. The Labute approximate surface area is 224 Å². The number of halogens is 1. The van der Waals surface area contributed by atoms with Gasteiger partial charge in [-0.15, -0.1) is 10.2 Å². The fraction of sp³-hybridized carbons (Fsp3) is 0.259. The maximum atomic E-state index is 11.6. The van der Waals surface area contributed by atoms with Gasteiger partial charge in [0.2, 0.25) is 6.54 Å². The summed E-state index contributed by atoms with van der Waals surface area (Å²) < 4.78 is 13.7. The average Bonchev–Trinajstić information content (AvgIpc) is 3.24. The van der Waals surface area contributed by atoms with E-state index in [1.165, 1.54) is 17.3 Å². The minimum absolute atomic E-state index is 0.299. The SMILES string of the molecule is CCOc1cc([C@@H](C[N+](=O)[O-])Sc2nnc(C)n2-c2ccc(Cl)cc2)ccc1OCc1ccc(C)cc1. The van der Waals surface area contributed by atoms with Crippen LogP contribution in [0, 0.1) is 24.0 Å². The Morgan fingerprint density at radius 2 is 1.73 bits per heavy atom. The normalized spacial score (nSPS) is 11.8. The molecule has 1 atom stereocenters. The van der Waals surface area contributed by atoms with Crippen molar-refractivity contribution in [3.05, 3.63) is 104 Å². The summed E-state index contributed by atoms with van der Waals surface area (Å²) >= 11 is 7.33. The van der Waals surface area contributed by atoms with Crippen molar-refractivity contribution in [1.82, 2.24) is 14.8 Å². The minimum Gasteiger partial charge on any atom is -0.490 e. The number of benzene rings is 3. The lowest BCUT2D eigenvalue weighted by atomic mass is 10.1. The zero-order chi connectivity index (χ0) is 26.4. The predicted octanol–water partition coefficient (Wildman–Crippen LogP) is 6.63. The second kappa shape index (κ2) is 12.1. The molecule has 0 bridgehead atoms. The Bertz CT molecular complexity index is 1360. The molecule has 0 N–H and O–H groups in total. The smallest absolute Gasteiger partial charge is 0.220 e. The molecule has 0 aliphatic rings. The maximum absolute atomic E-state index is 11.6. The third-order valence-electron chi connectivity index (χ3n) is 5.60. The van der Waals surface area contributed by atoms with Crippen molar-refractivity contribution in [1.29, 1.82) is 0 Å². The van der Waals surface area contributed by atoms with E-state index in [9.17, 15) is 10.1 Å². The second-order valence-corrected chi connectivity index (χ2v) is 9.98. The number of thioether (sulfide) groups is 1. The van der Waals surface area contributed by atoms with Gasteiger partial charge >= 0.3 is 0 Å². The fourth-order valence-corrected chi connectivity index (χ4v) is 5.03. The van der Waals surface area contributed by atoms with Gasteiger partial charge in [0.05, 0.1) is 6.61 Å². The molecule has 1 heterocycles.